The summed E-state index contributed by atoms with van der Waals surface area (Å²) < 4.78 is 0. The number of hydrogen-bond acceptors (Lipinski definition) is 7. The van der Waals surface area contributed by atoms with Crippen LogP contribution >= 0.6 is 0 Å². The molecule has 27 heavy (non-hydrogen) atoms. The van der Waals surface area contributed by atoms with E-state index in [1.165, 1.54) is 6.20 Å². The number of benzene rings is 2. The summed E-state index contributed by atoms with van der Waals surface area (Å²) in [6.45, 7) is 4.02. The minimum absolute atomic E-state index is 0.0330. The number of anilines is 5. The van der Waals surface area contributed by atoms with E-state index in [1.54, 1.807) is 30.3 Å². The Hall–Kier alpha value is -3.60. The van der Waals surface area contributed by atoms with Gasteiger partial charge < -0.3 is 10.6 Å². The number of aryl methyl sites for hydroxylation is 2. The first-order valence-electron chi connectivity index (χ1n) is 8.26. The van der Waals surface area contributed by atoms with E-state index in [0.717, 1.165) is 16.8 Å². The zero-order chi connectivity index (χ0) is 19.4. The third kappa shape index (κ3) is 4.15. The van der Waals surface area contributed by atoms with Crippen molar-refractivity contribution < 1.29 is 10.4 Å². The lowest BCUT2D eigenvalue weighted by Crippen LogP contribution is -2.15. The van der Waals surface area contributed by atoms with Gasteiger partial charge in [0.15, 0.2) is 0 Å². The van der Waals surface area contributed by atoms with Gasteiger partial charge in [-0.2, -0.15) is 5.26 Å². The second-order valence-corrected chi connectivity index (χ2v) is 6.09. The van der Waals surface area contributed by atoms with Crippen LogP contribution in [0, 0.1) is 25.2 Å². The molecule has 0 unspecified atom stereocenters. The molecule has 0 spiro atoms. The molecule has 7 nitrogen and oxygen atoms in total. The summed E-state index contributed by atoms with van der Waals surface area (Å²) in [5.41, 5.74) is 5.45. The molecular formula is C20H19N5O2. The van der Waals surface area contributed by atoms with Gasteiger partial charge in [-0.15, -0.1) is 5.23 Å². The molecule has 0 bridgehead atoms. The highest BCUT2D eigenvalue weighted by Crippen LogP contribution is 2.31. The molecular weight excluding hydrogens is 342 g/mol. The molecule has 0 amide bonds. The largest absolute Gasteiger partial charge is 0.354 e. The average Bonchev–Trinajstić information content (AvgIpc) is 2.65. The molecule has 0 saturated heterocycles. The fourth-order valence-electron chi connectivity index (χ4n) is 2.72. The molecule has 0 atom stereocenters. The lowest BCUT2D eigenvalue weighted by Gasteiger charge is -2.17. The van der Waals surface area contributed by atoms with Crippen molar-refractivity contribution >= 4 is 28.6 Å². The molecule has 4 N–H and O–H groups in total. The van der Waals surface area contributed by atoms with Gasteiger partial charge in [-0.3, -0.25) is 10.4 Å². The van der Waals surface area contributed by atoms with E-state index in [4.69, 9.17) is 5.26 Å². The van der Waals surface area contributed by atoms with Crippen LogP contribution < -0.4 is 15.9 Å². The molecule has 0 fully saturated rings. The van der Waals surface area contributed by atoms with Crippen molar-refractivity contribution in [1.82, 2.24) is 4.98 Å². The van der Waals surface area contributed by atoms with E-state index in [9.17, 15) is 10.4 Å². The van der Waals surface area contributed by atoms with E-state index in [0.29, 0.717) is 22.6 Å². The van der Waals surface area contributed by atoms with Gasteiger partial charge in [0, 0.05) is 11.4 Å². The number of nitrogens with one attached hydrogen (secondary N) is 2. The molecule has 0 aliphatic rings. The number of hydrogen-bond donors (Lipinski definition) is 4. The molecule has 0 radical (unpaired) electrons. The first kappa shape index (κ1) is 18.2. The van der Waals surface area contributed by atoms with Gasteiger partial charge in [0.25, 0.3) is 0 Å². The summed E-state index contributed by atoms with van der Waals surface area (Å²) in [5.74, 6) is -0.0496. The van der Waals surface area contributed by atoms with Gasteiger partial charge in [-0.1, -0.05) is 18.2 Å². The quantitative estimate of drug-likeness (QED) is 0.491. The highest BCUT2D eigenvalue weighted by atomic mass is 16.8. The maximum atomic E-state index is 9.46. The van der Waals surface area contributed by atoms with Gasteiger partial charge >= 0.3 is 0 Å². The third-order valence-corrected chi connectivity index (χ3v) is 4.10. The summed E-state index contributed by atoms with van der Waals surface area (Å²) in [4.78, 5) is 4.11. The van der Waals surface area contributed by atoms with E-state index in [1.807, 2.05) is 32.0 Å². The van der Waals surface area contributed by atoms with Crippen molar-refractivity contribution in [2.45, 2.75) is 13.8 Å². The van der Waals surface area contributed by atoms with E-state index in [-0.39, 0.29) is 11.0 Å². The Morgan fingerprint density at radius 1 is 0.963 bits per heavy atom. The van der Waals surface area contributed by atoms with Gasteiger partial charge in [-0.05, 0) is 55.3 Å². The Labute approximate surface area is 157 Å². The number of para-hydroxylation sites is 1. The fraction of sp³-hybridized carbons (Fsp3) is 0.100. The number of nitriles is 1. The number of pyridine rings is 1. The van der Waals surface area contributed by atoms with Crippen LogP contribution in [0.1, 0.15) is 16.7 Å². The van der Waals surface area contributed by atoms with Crippen LogP contribution in [0.25, 0.3) is 0 Å². The number of nitrogens with zero attached hydrogens (tertiary/aromatic N) is 3. The Kier molecular flexibility index (Phi) is 5.22. The highest BCUT2D eigenvalue weighted by Gasteiger charge is 2.12. The summed E-state index contributed by atoms with van der Waals surface area (Å²) in [6.07, 6.45) is 1.52. The first-order chi connectivity index (χ1) is 13.0. The lowest BCUT2D eigenvalue weighted by molar-refractivity contribution is 0.0272. The van der Waals surface area contributed by atoms with Crippen LogP contribution in [-0.4, -0.2) is 15.4 Å². The van der Waals surface area contributed by atoms with Crippen molar-refractivity contribution in [2.24, 2.45) is 0 Å². The second-order valence-electron chi connectivity index (χ2n) is 6.09. The fourth-order valence-corrected chi connectivity index (χ4v) is 2.72. The van der Waals surface area contributed by atoms with Crippen molar-refractivity contribution in [3.8, 4) is 6.07 Å². The molecule has 1 heterocycles. The smallest absolute Gasteiger partial charge is 0.206 e. The molecule has 2 aromatic carbocycles. The molecule has 136 valence electrons. The van der Waals surface area contributed by atoms with Crippen LogP contribution in [0.3, 0.4) is 0 Å². The van der Waals surface area contributed by atoms with Crippen LogP contribution in [0.4, 0.5) is 28.6 Å². The molecule has 0 saturated carbocycles. The van der Waals surface area contributed by atoms with E-state index < -0.39 is 0 Å². The van der Waals surface area contributed by atoms with Gasteiger partial charge in [0.2, 0.25) is 5.82 Å². The molecule has 3 aromatic rings. The normalized spacial score (nSPS) is 10.2. The summed E-state index contributed by atoms with van der Waals surface area (Å²) in [7, 11) is 0. The maximum absolute atomic E-state index is 9.46. The third-order valence-electron chi connectivity index (χ3n) is 4.10. The van der Waals surface area contributed by atoms with Crippen LogP contribution in [-0.2, 0) is 0 Å². The zero-order valence-corrected chi connectivity index (χ0v) is 14.9. The zero-order valence-electron chi connectivity index (χ0n) is 14.9. The Morgan fingerprint density at radius 2 is 1.63 bits per heavy atom. The van der Waals surface area contributed by atoms with Crippen molar-refractivity contribution in [2.75, 3.05) is 15.9 Å². The van der Waals surface area contributed by atoms with E-state index >= 15 is 0 Å². The van der Waals surface area contributed by atoms with Crippen molar-refractivity contribution in [3.05, 3.63) is 71.4 Å². The summed E-state index contributed by atoms with van der Waals surface area (Å²) in [6, 6.07) is 16.6. The standard InChI is InChI=1S/C20H19N5O2/c1-13-4-3-5-14(2)19(13)24-17-10-18(20(22-12-17)25(26)27)23-16-8-6-15(11-21)7-9-16/h3-10,12,23-24,26-27H,1-2H3. The topological polar surface area (TPSA) is 104 Å². The highest BCUT2D eigenvalue weighted by molar-refractivity contribution is 5.77. The second kappa shape index (κ2) is 7.74. The molecule has 1 aromatic heterocycles. The Bertz CT molecular complexity index is 974. The SMILES string of the molecule is Cc1cccc(C)c1Nc1cnc(N(O)O)c(Nc2ccc(C#N)cc2)c1. The molecule has 0 aliphatic carbocycles. The van der Waals surface area contributed by atoms with Crippen LogP contribution in [0.15, 0.2) is 54.7 Å². The monoisotopic (exact) mass is 361 g/mol. The molecule has 3 rings (SSSR count). The maximum Gasteiger partial charge on any atom is 0.206 e. The Balaban J connectivity index is 1.94. The van der Waals surface area contributed by atoms with Crippen LogP contribution in [0.5, 0.6) is 0 Å². The lowest BCUT2D eigenvalue weighted by atomic mass is 10.1. The summed E-state index contributed by atoms with van der Waals surface area (Å²) >= 11 is 0. The molecule has 0 aliphatic heterocycles. The van der Waals surface area contributed by atoms with Gasteiger partial charge in [0.1, 0.15) is 0 Å². The minimum atomic E-state index is -0.0496. The minimum Gasteiger partial charge on any atom is -0.354 e. The Morgan fingerprint density at radius 3 is 2.22 bits per heavy atom. The number of rotatable bonds is 5. The van der Waals surface area contributed by atoms with Crippen molar-refractivity contribution in [3.63, 3.8) is 0 Å². The average molecular weight is 361 g/mol. The molecule has 7 heteroatoms. The predicted octanol–water partition coefficient (Wildman–Crippen LogP) is 4.64. The summed E-state index contributed by atoms with van der Waals surface area (Å²) in [5, 5.41) is 34.2. The van der Waals surface area contributed by atoms with Gasteiger partial charge in [0.05, 0.1) is 29.2 Å². The van der Waals surface area contributed by atoms with Gasteiger partial charge in [-0.25, -0.2) is 4.98 Å². The predicted molar refractivity (Wildman–Crippen MR) is 104 cm³/mol. The first-order valence-corrected chi connectivity index (χ1v) is 8.26. The van der Waals surface area contributed by atoms with Crippen LogP contribution in [0.2, 0.25) is 0 Å². The van der Waals surface area contributed by atoms with E-state index in [2.05, 4.69) is 21.7 Å². The van der Waals surface area contributed by atoms with Crippen molar-refractivity contribution in [1.29, 1.82) is 5.26 Å². The number of aromatic nitrogens is 1.